The molecule has 0 radical (unpaired) electrons. The summed E-state index contributed by atoms with van der Waals surface area (Å²) in [5.74, 6) is 0.438. The number of carbonyl (C=O) groups is 1. The van der Waals surface area contributed by atoms with Gasteiger partial charge in [-0.15, -0.1) is 0 Å². The standard InChI is InChI=1S/C9H17BrO/c1-2-3-6-9(11)7-4-5-8-10/h2-8H2,1H3. The van der Waals surface area contributed by atoms with E-state index >= 15 is 0 Å². The Labute approximate surface area is 77.7 Å². The Morgan fingerprint density at radius 3 is 2.36 bits per heavy atom. The highest BCUT2D eigenvalue weighted by Crippen LogP contribution is 2.04. The molecule has 0 atom stereocenters. The van der Waals surface area contributed by atoms with E-state index in [-0.39, 0.29) is 0 Å². The van der Waals surface area contributed by atoms with E-state index in [2.05, 4.69) is 22.9 Å². The van der Waals surface area contributed by atoms with Crippen LogP contribution in [-0.4, -0.2) is 11.1 Å². The Hall–Kier alpha value is 0.150. The molecule has 0 aromatic heterocycles. The van der Waals surface area contributed by atoms with Crippen LogP contribution in [0.15, 0.2) is 0 Å². The molecule has 0 spiro atoms. The summed E-state index contributed by atoms with van der Waals surface area (Å²) in [6.45, 7) is 2.12. The summed E-state index contributed by atoms with van der Waals surface area (Å²) in [5.41, 5.74) is 0. The topological polar surface area (TPSA) is 17.1 Å². The van der Waals surface area contributed by atoms with Crippen molar-refractivity contribution in [3.63, 3.8) is 0 Å². The molecule has 0 aliphatic heterocycles. The molecule has 11 heavy (non-hydrogen) atoms. The number of rotatable bonds is 7. The minimum absolute atomic E-state index is 0.438. The second-order valence-electron chi connectivity index (χ2n) is 2.79. The van der Waals surface area contributed by atoms with Crippen LogP contribution < -0.4 is 0 Å². The molecule has 2 heteroatoms. The Balaban J connectivity index is 3.09. The van der Waals surface area contributed by atoms with E-state index < -0.39 is 0 Å². The minimum Gasteiger partial charge on any atom is -0.300 e. The molecule has 0 unspecified atom stereocenters. The molecular formula is C9H17BrO. The molecule has 0 heterocycles. The van der Waals surface area contributed by atoms with Crippen molar-refractivity contribution in [2.45, 2.75) is 45.4 Å². The summed E-state index contributed by atoms with van der Waals surface area (Å²) in [5, 5.41) is 1.02. The van der Waals surface area contributed by atoms with Gasteiger partial charge in [-0.25, -0.2) is 0 Å². The van der Waals surface area contributed by atoms with E-state index in [4.69, 9.17) is 0 Å². The monoisotopic (exact) mass is 220 g/mol. The van der Waals surface area contributed by atoms with Gasteiger partial charge in [0.05, 0.1) is 0 Å². The average Bonchev–Trinajstić information content (AvgIpc) is 2.01. The summed E-state index contributed by atoms with van der Waals surface area (Å²) in [4.78, 5) is 11.1. The smallest absolute Gasteiger partial charge is 0.132 e. The first-order chi connectivity index (χ1) is 5.31. The normalized spacial score (nSPS) is 10.0. The molecule has 0 bridgehead atoms. The molecule has 0 N–H and O–H groups in total. The number of alkyl halides is 1. The molecule has 0 rings (SSSR count). The molecule has 0 aromatic rings. The van der Waals surface area contributed by atoms with Crippen LogP contribution in [0.25, 0.3) is 0 Å². The number of halogens is 1. The number of unbranched alkanes of at least 4 members (excludes halogenated alkanes) is 2. The van der Waals surface area contributed by atoms with Crippen LogP contribution in [-0.2, 0) is 4.79 Å². The van der Waals surface area contributed by atoms with Gasteiger partial charge in [0.25, 0.3) is 0 Å². The molecule has 0 aromatic carbocycles. The summed E-state index contributed by atoms with van der Waals surface area (Å²) in [6.07, 6.45) is 5.94. The zero-order chi connectivity index (χ0) is 8.53. The fourth-order valence-corrected chi connectivity index (χ4v) is 1.31. The van der Waals surface area contributed by atoms with Gasteiger partial charge in [-0.05, 0) is 19.3 Å². The van der Waals surface area contributed by atoms with E-state index in [9.17, 15) is 4.79 Å². The maximum absolute atomic E-state index is 11.1. The molecule has 66 valence electrons. The van der Waals surface area contributed by atoms with E-state index in [1.54, 1.807) is 0 Å². The number of ketones is 1. The number of hydrogen-bond acceptors (Lipinski definition) is 1. The largest absolute Gasteiger partial charge is 0.300 e. The zero-order valence-electron chi connectivity index (χ0n) is 7.24. The number of hydrogen-bond donors (Lipinski definition) is 0. The zero-order valence-corrected chi connectivity index (χ0v) is 8.82. The lowest BCUT2D eigenvalue weighted by atomic mass is 10.1. The second-order valence-corrected chi connectivity index (χ2v) is 3.58. The number of carbonyl (C=O) groups excluding carboxylic acids is 1. The minimum atomic E-state index is 0.438. The Morgan fingerprint density at radius 1 is 1.18 bits per heavy atom. The van der Waals surface area contributed by atoms with Crippen molar-refractivity contribution in [3.8, 4) is 0 Å². The molecule has 0 aliphatic carbocycles. The first-order valence-corrected chi connectivity index (χ1v) is 5.51. The van der Waals surface area contributed by atoms with Crippen molar-refractivity contribution < 1.29 is 4.79 Å². The van der Waals surface area contributed by atoms with Gasteiger partial charge >= 0.3 is 0 Å². The van der Waals surface area contributed by atoms with E-state index in [0.29, 0.717) is 5.78 Å². The van der Waals surface area contributed by atoms with Crippen LogP contribution >= 0.6 is 15.9 Å². The van der Waals surface area contributed by atoms with Crippen LogP contribution in [0, 0.1) is 0 Å². The first kappa shape index (κ1) is 11.2. The van der Waals surface area contributed by atoms with Gasteiger partial charge in [0.1, 0.15) is 5.78 Å². The molecule has 0 saturated heterocycles. The van der Waals surface area contributed by atoms with Crippen LogP contribution in [0.4, 0.5) is 0 Å². The fraction of sp³-hybridized carbons (Fsp3) is 0.889. The van der Waals surface area contributed by atoms with Crippen molar-refractivity contribution >= 4 is 21.7 Å². The first-order valence-electron chi connectivity index (χ1n) is 4.39. The van der Waals surface area contributed by atoms with Crippen LogP contribution in [0.2, 0.25) is 0 Å². The van der Waals surface area contributed by atoms with Gasteiger partial charge in [-0.3, -0.25) is 4.79 Å². The van der Waals surface area contributed by atoms with Crippen molar-refractivity contribution in [1.29, 1.82) is 0 Å². The van der Waals surface area contributed by atoms with Crippen molar-refractivity contribution in [1.82, 2.24) is 0 Å². The van der Waals surface area contributed by atoms with Gasteiger partial charge in [0.15, 0.2) is 0 Å². The Kier molecular flexibility index (Phi) is 8.36. The van der Waals surface area contributed by atoms with Crippen LogP contribution in [0.1, 0.15) is 45.4 Å². The van der Waals surface area contributed by atoms with Gasteiger partial charge in [0.2, 0.25) is 0 Å². The molecule has 0 saturated carbocycles. The molecule has 0 amide bonds. The van der Waals surface area contributed by atoms with Gasteiger partial charge < -0.3 is 0 Å². The van der Waals surface area contributed by atoms with Gasteiger partial charge in [-0.1, -0.05) is 29.3 Å². The molecule has 1 nitrogen and oxygen atoms in total. The third kappa shape index (κ3) is 8.05. The lowest BCUT2D eigenvalue weighted by molar-refractivity contribution is -0.119. The highest BCUT2D eigenvalue weighted by Gasteiger charge is 1.99. The summed E-state index contributed by atoms with van der Waals surface area (Å²) in [6, 6.07) is 0. The second kappa shape index (κ2) is 8.25. The predicted octanol–water partition coefficient (Wildman–Crippen LogP) is 3.31. The maximum atomic E-state index is 11.1. The van der Waals surface area contributed by atoms with Crippen molar-refractivity contribution in [2.24, 2.45) is 0 Å². The summed E-state index contributed by atoms with van der Waals surface area (Å²) < 4.78 is 0. The molecule has 0 fully saturated rings. The third-order valence-corrected chi connectivity index (χ3v) is 2.21. The lowest BCUT2D eigenvalue weighted by Gasteiger charge is -1.97. The predicted molar refractivity (Wildman–Crippen MR) is 52.2 cm³/mol. The number of Topliss-reactive ketones (excluding diaryl/α,β-unsaturated/α-hetero) is 1. The Morgan fingerprint density at radius 2 is 1.82 bits per heavy atom. The van der Waals surface area contributed by atoms with Crippen LogP contribution in [0.5, 0.6) is 0 Å². The third-order valence-electron chi connectivity index (χ3n) is 1.65. The van der Waals surface area contributed by atoms with E-state index in [1.165, 1.54) is 0 Å². The Bertz CT molecular complexity index is 102. The summed E-state index contributed by atoms with van der Waals surface area (Å²) in [7, 11) is 0. The lowest BCUT2D eigenvalue weighted by Crippen LogP contribution is -1.96. The molecule has 0 aliphatic rings. The average molecular weight is 221 g/mol. The van der Waals surface area contributed by atoms with Gasteiger partial charge in [0, 0.05) is 18.2 Å². The fourth-order valence-electron chi connectivity index (χ4n) is 0.916. The maximum Gasteiger partial charge on any atom is 0.132 e. The molecular weight excluding hydrogens is 204 g/mol. The van der Waals surface area contributed by atoms with Crippen molar-refractivity contribution in [2.75, 3.05) is 5.33 Å². The van der Waals surface area contributed by atoms with Crippen molar-refractivity contribution in [3.05, 3.63) is 0 Å². The van der Waals surface area contributed by atoms with Crippen LogP contribution in [0.3, 0.4) is 0 Å². The van der Waals surface area contributed by atoms with Gasteiger partial charge in [-0.2, -0.15) is 0 Å². The highest BCUT2D eigenvalue weighted by atomic mass is 79.9. The SMILES string of the molecule is CCCCC(=O)CCCCBr. The quantitative estimate of drug-likeness (QED) is 0.476. The van der Waals surface area contributed by atoms with E-state index in [0.717, 1.165) is 43.9 Å². The van der Waals surface area contributed by atoms with E-state index in [1.807, 2.05) is 0 Å². The highest BCUT2D eigenvalue weighted by molar-refractivity contribution is 9.09. The summed E-state index contributed by atoms with van der Waals surface area (Å²) >= 11 is 3.34.